The average molecular weight is 370 g/mol. The summed E-state index contributed by atoms with van der Waals surface area (Å²) in [5.41, 5.74) is 6.96. The van der Waals surface area contributed by atoms with Crippen molar-refractivity contribution in [2.24, 2.45) is 5.73 Å². The predicted octanol–water partition coefficient (Wildman–Crippen LogP) is 3.97. The number of amidine groups is 1. The van der Waals surface area contributed by atoms with Crippen molar-refractivity contribution in [1.29, 1.82) is 5.41 Å². The fourth-order valence-electron chi connectivity index (χ4n) is 1.81. The van der Waals surface area contributed by atoms with Crippen LogP contribution in [0.4, 0.5) is 0 Å². The standard InChI is InChI=1S/C15H14BrClN2O2/c1-20-13-4-2-9(6-11(13)15(18)19)8-21-14-5-3-10(16)7-12(14)17/h2-7H,8H2,1H3,(H3,18,19). The Morgan fingerprint density at radius 1 is 1.24 bits per heavy atom. The van der Waals surface area contributed by atoms with Crippen LogP contribution in [0.3, 0.4) is 0 Å². The van der Waals surface area contributed by atoms with E-state index in [1.165, 1.54) is 0 Å². The van der Waals surface area contributed by atoms with Crippen molar-refractivity contribution in [2.75, 3.05) is 7.11 Å². The van der Waals surface area contributed by atoms with Crippen LogP contribution in [0.2, 0.25) is 5.02 Å². The van der Waals surface area contributed by atoms with Gasteiger partial charge in [0.2, 0.25) is 0 Å². The van der Waals surface area contributed by atoms with Gasteiger partial charge in [-0.25, -0.2) is 0 Å². The first-order chi connectivity index (χ1) is 10.0. The van der Waals surface area contributed by atoms with Crippen LogP contribution < -0.4 is 15.2 Å². The zero-order valence-corrected chi connectivity index (χ0v) is 13.7. The van der Waals surface area contributed by atoms with E-state index in [-0.39, 0.29) is 5.84 Å². The Balaban J connectivity index is 2.16. The molecule has 0 fully saturated rings. The van der Waals surface area contributed by atoms with Crippen molar-refractivity contribution in [3.05, 3.63) is 57.0 Å². The molecule has 4 nitrogen and oxygen atoms in total. The number of nitrogen functional groups attached to an aromatic ring is 1. The Morgan fingerprint density at radius 3 is 2.57 bits per heavy atom. The summed E-state index contributed by atoms with van der Waals surface area (Å²) in [4.78, 5) is 0. The molecule has 0 aliphatic carbocycles. The number of halogens is 2. The fraction of sp³-hybridized carbons (Fsp3) is 0.133. The van der Waals surface area contributed by atoms with Gasteiger partial charge in [-0.15, -0.1) is 0 Å². The second-order valence-corrected chi connectivity index (χ2v) is 5.63. The maximum absolute atomic E-state index is 7.56. The van der Waals surface area contributed by atoms with E-state index < -0.39 is 0 Å². The second-order valence-electron chi connectivity index (χ2n) is 4.31. The van der Waals surface area contributed by atoms with Crippen LogP contribution in [0.1, 0.15) is 11.1 Å². The number of ether oxygens (including phenoxy) is 2. The SMILES string of the molecule is COc1ccc(COc2ccc(Br)cc2Cl)cc1C(=N)N. The van der Waals surface area contributed by atoms with E-state index in [0.29, 0.717) is 28.7 Å². The number of methoxy groups -OCH3 is 1. The van der Waals surface area contributed by atoms with Gasteiger partial charge in [0.15, 0.2) is 0 Å². The molecule has 0 saturated heterocycles. The highest BCUT2D eigenvalue weighted by atomic mass is 79.9. The van der Waals surface area contributed by atoms with E-state index in [4.69, 9.17) is 32.2 Å². The highest BCUT2D eigenvalue weighted by Gasteiger charge is 2.08. The molecule has 0 unspecified atom stereocenters. The second kappa shape index (κ2) is 6.83. The van der Waals surface area contributed by atoms with Gasteiger partial charge in [-0.3, -0.25) is 5.41 Å². The third-order valence-electron chi connectivity index (χ3n) is 2.84. The van der Waals surface area contributed by atoms with Crippen molar-refractivity contribution < 1.29 is 9.47 Å². The lowest BCUT2D eigenvalue weighted by atomic mass is 10.1. The molecule has 0 aliphatic rings. The number of nitrogens with two attached hydrogens (primary N) is 1. The van der Waals surface area contributed by atoms with Gasteiger partial charge < -0.3 is 15.2 Å². The Morgan fingerprint density at radius 2 is 1.95 bits per heavy atom. The largest absolute Gasteiger partial charge is 0.496 e. The molecule has 0 radical (unpaired) electrons. The summed E-state index contributed by atoms with van der Waals surface area (Å²) in [6, 6.07) is 10.8. The van der Waals surface area contributed by atoms with Crippen LogP contribution in [-0.2, 0) is 6.61 Å². The van der Waals surface area contributed by atoms with Gasteiger partial charge in [0, 0.05) is 4.47 Å². The lowest BCUT2D eigenvalue weighted by Crippen LogP contribution is -2.13. The summed E-state index contributed by atoms with van der Waals surface area (Å²) in [7, 11) is 1.54. The van der Waals surface area contributed by atoms with Crippen molar-refractivity contribution in [3.63, 3.8) is 0 Å². The van der Waals surface area contributed by atoms with Gasteiger partial charge in [0.05, 0.1) is 17.7 Å². The minimum atomic E-state index is -0.0459. The maximum Gasteiger partial charge on any atom is 0.138 e. The normalized spacial score (nSPS) is 10.2. The summed E-state index contributed by atoms with van der Waals surface area (Å²) in [6.07, 6.45) is 0. The van der Waals surface area contributed by atoms with E-state index in [2.05, 4.69) is 15.9 Å². The molecule has 0 spiro atoms. The minimum Gasteiger partial charge on any atom is -0.496 e. The highest BCUT2D eigenvalue weighted by molar-refractivity contribution is 9.10. The van der Waals surface area contributed by atoms with E-state index in [0.717, 1.165) is 10.0 Å². The Bertz CT molecular complexity index is 677. The van der Waals surface area contributed by atoms with Gasteiger partial charge in [0.1, 0.15) is 23.9 Å². The quantitative estimate of drug-likeness (QED) is 0.619. The van der Waals surface area contributed by atoms with Crippen LogP contribution >= 0.6 is 27.5 Å². The van der Waals surface area contributed by atoms with Gasteiger partial charge >= 0.3 is 0 Å². The van der Waals surface area contributed by atoms with Crippen LogP contribution in [-0.4, -0.2) is 12.9 Å². The lowest BCUT2D eigenvalue weighted by Gasteiger charge is -2.11. The van der Waals surface area contributed by atoms with Crippen molar-refractivity contribution in [1.82, 2.24) is 0 Å². The molecule has 2 aromatic carbocycles. The Hall–Kier alpha value is -1.72. The van der Waals surface area contributed by atoms with E-state index in [1.807, 2.05) is 12.1 Å². The summed E-state index contributed by atoms with van der Waals surface area (Å²) in [6.45, 7) is 0.325. The van der Waals surface area contributed by atoms with Crippen LogP contribution in [0.15, 0.2) is 40.9 Å². The van der Waals surface area contributed by atoms with Gasteiger partial charge in [-0.2, -0.15) is 0 Å². The molecule has 110 valence electrons. The first-order valence-corrected chi connectivity index (χ1v) is 7.27. The third-order valence-corrected chi connectivity index (χ3v) is 3.63. The van der Waals surface area contributed by atoms with Gasteiger partial charge in [-0.1, -0.05) is 33.6 Å². The van der Waals surface area contributed by atoms with Crippen LogP contribution in [0.25, 0.3) is 0 Å². The zero-order valence-electron chi connectivity index (χ0n) is 11.3. The lowest BCUT2D eigenvalue weighted by molar-refractivity contribution is 0.306. The van der Waals surface area contributed by atoms with E-state index >= 15 is 0 Å². The topological polar surface area (TPSA) is 68.3 Å². The molecule has 0 amide bonds. The number of nitrogens with one attached hydrogen (secondary N) is 1. The molecule has 21 heavy (non-hydrogen) atoms. The molecule has 0 saturated carbocycles. The van der Waals surface area contributed by atoms with Gasteiger partial charge in [0.25, 0.3) is 0 Å². The molecule has 6 heteroatoms. The molecule has 0 aliphatic heterocycles. The molecule has 3 N–H and O–H groups in total. The summed E-state index contributed by atoms with van der Waals surface area (Å²) >= 11 is 9.44. The van der Waals surface area contributed by atoms with E-state index in [9.17, 15) is 0 Å². The highest BCUT2D eigenvalue weighted by Crippen LogP contribution is 2.28. The predicted molar refractivity (Wildman–Crippen MR) is 87.5 cm³/mol. The summed E-state index contributed by atoms with van der Waals surface area (Å²) in [5.74, 6) is 1.11. The zero-order chi connectivity index (χ0) is 15.4. The minimum absolute atomic E-state index is 0.0459. The summed E-state index contributed by atoms with van der Waals surface area (Å²) < 4.78 is 11.7. The molecule has 0 heterocycles. The molecular weight excluding hydrogens is 356 g/mol. The van der Waals surface area contributed by atoms with Gasteiger partial charge in [-0.05, 0) is 35.9 Å². The fourth-order valence-corrected chi connectivity index (χ4v) is 2.54. The average Bonchev–Trinajstić information content (AvgIpc) is 2.46. The molecule has 2 rings (SSSR count). The Kier molecular flexibility index (Phi) is 5.09. The molecule has 0 aromatic heterocycles. The number of benzene rings is 2. The first kappa shape index (κ1) is 15.7. The number of hydrogen-bond donors (Lipinski definition) is 2. The van der Waals surface area contributed by atoms with Crippen LogP contribution in [0.5, 0.6) is 11.5 Å². The first-order valence-electron chi connectivity index (χ1n) is 6.10. The number of hydrogen-bond acceptors (Lipinski definition) is 3. The molecule has 0 bridgehead atoms. The van der Waals surface area contributed by atoms with Crippen molar-refractivity contribution >= 4 is 33.4 Å². The third kappa shape index (κ3) is 3.89. The van der Waals surface area contributed by atoms with Crippen molar-refractivity contribution in [3.8, 4) is 11.5 Å². The van der Waals surface area contributed by atoms with Crippen LogP contribution in [0, 0.1) is 5.41 Å². The monoisotopic (exact) mass is 368 g/mol. The van der Waals surface area contributed by atoms with E-state index in [1.54, 1.807) is 31.4 Å². The molecular formula is C15H14BrClN2O2. The Labute approximate surface area is 136 Å². The smallest absolute Gasteiger partial charge is 0.138 e. The number of rotatable bonds is 5. The molecule has 0 atom stereocenters. The van der Waals surface area contributed by atoms with Crippen molar-refractivity contribution in [2.45, 2.75) is 6.61 Å². The molecule has 2 aromatic rings. The maximum atomic E-state index is 7.56. The summed E-state index contributed by atoms with van der Waals surface area (Å²) in [5, 5.41) is 8.09.